The van der Waals surface area contributed by atoms with Gasteiger partial charge in [-0.25, -0.2) is 13.1 Å². The predicted octanol–water partition coefficient (Wildman–Crippen LogP) is 0.734. The van der Waals surface area contributed by atoms with Crippen molar-refractivity contribution in [2.75, 3.05) is 26.3 Å². The second-order valence-electron chi connectivity index (χ2n) is 5.50. The number of sulfonamides is 1. The zero-order valence-electron chi connectivity index (χ0n) is 12.0. The maximum atomic E-state index is 12.5. The van der Waals surface area contributed by atoms with E-state index in [-0.39, 0.29) is 16.9 Å². The van der Waals surface area contributed by atoms with E-state index in [9.17, 15) is 8.42 Å². The van der Waals surface area contributed by atoms with Crippen LogP contribution in [0.1, 0.15) is 13.3 Å². The minimum atomic E-state index is -3.54. The Kier molecular flexibility index (Phi) is 4.05. The number of nitrogens with one attached hydrogen (secondary N) is 2. The van der Waals surface area contributed by atoms with Crippen LogP contribution in [0.25, 0.3) is 0 Å². The van der Waals surface area contributed by atoms with Crippen LogP contribution in [0.4, 0.5) is 0 Å². The molecule has 0 bridgehead atoms. The predicted molar refractivity (Wildman–Crippen MR) is 78.2 cm³/mol. The van der Waals surface area contributed by atoms with E-state index in [1.807, 2.05) is 6.92 Å². The molecule has 2 N–H and O–H groups in total. The van der Waals surface area contributed by atoms with E-state index in [4.69, 9.17) is 9.47 Å². The average Bonchev–Trinajstić information content (AvgIpc) is 2.49. The first-order chi connectivity index (χ1) is 10.1. The summed E-state index contributed by atoms with van der Waals surface area (Å²) in [6.45, 7) is 4.63. The molecule has 0 aliphatic carbocycles. The monoisotopic (exact) mass is 312 g/mol. The molecule has 1 aromatic carbocycles. The highest BCUT2D eigenvalue weighted by molar-refractivity contribution is 7.89. The number of piperidine rings is 1. The van der Waals surface area contributed by atoms with Crippen molar-refractivity contribution in [3.05, 3.63) is 18.2 Å². The van der Waals surface area contributed by atoms with Gasteiger partial charge in [-0.3, -0.25) is 0 Å². The van der Waals surface area contributed by atoms with Crippen LogP contribution in [0, 0.1) is 5.92 Å². The first-order valence-corrected chi connectivity index (χ1v) is 8.67. The zero-order chi connectivity index (χ0) is 14.9. The highest BCUT2D eigenvalue weighted by Gasteiger charge is 2.27. The summed E-state index contributed by atoms with van der Waals surface area (Å²) in [6, 6.07) is 4.70. The summed E-state index contributed by atoms with van der Waals surface area (Å²) in [6.07, 6.45) is 0.797. The van der Waals surface area contributed by atoms with Gasteiger partial charge in [-0.1, -0.05) is 6.92 Å². The quantitative estimate of drug-likeness (QED) is 0.861. The maximum absolute atomic E-state index is 12.5. The van der Waals surface area contributed by atoms with Gasteiger partial charge in [0.1, 0.15) is 13.2 Å². The summed E-state index contributed by atoms with van der Waals surface area (Å²) in [4.78, 5) is 0.220. The molecule has 0 saturated carbocycles. The maximum Gasteiger partial charge on any atom is 0.240 e. The van der Waals surface area contributed by atoms with Crippen LogP contribution in [-0.2, 0) is 10.0 Å². The van der Waals surface area contributed by atoms with Gasteiger partial charge in [0, 0.05) is 12.1 Å². The van der Waals surface area contributed by atoms with Gasteiger partial charge in [0.25, 0.3) is 0 Å². The summed E-state index contributed by atoms with van der Waals surface area (Å²) in [7, 11) is -3.54. The Morgan fingerprint density at radius 1 is 1.24 bits per heavy atom. The Balaban J connectivity index is 1.81. The van der Waals surface area contributed by atoms with Crippen molar-refractivity contribution in [2.24, 2.45) is 5.92 Å². The molecule has 2 heterocycles. The van der Waals surface area contributed by atoms with Gasteiger partial charge >= 0.3 is 0 Å². The van der Waals surface area contributed by atoms with Crippen LogP contribution in [0.15, 0.2) is 23.1 Å². The molecule has 2 atom stereocenters. The molecule has 1 saturated heterocycles. The third kappa shape index (κ3) is 3.14. The van der Waals surface area contributed by atoms with Crippen molar-refractivity contribution in [3.63, 3.8) is 0 Å². The van der Waals surface area contributed by atoms with Gasteiger partial charge in [-0.15, -0.1) is 0 Å². The van der Waals surface area contributed by atoms with Crippen molar-refractivity contribution in [2.45, 2.75) is 24.3 Å². The molecule has 3 rings (SSSR count). The molecular weight excluding hydrogens is 292 g/mol. The number of ether oxygens (including phenoxy) is 2. The summed E-state index contributed by atoms with van der Waals surface area (Å²) in [5.41, 5.74) is 0. The van der Waals surface area contributed by atoms with E-state index in [2.05, 4.69) is 10.0 Å². The second kappa shape index (κ2) is 5.82. The van der Waals surface area contributed by atoms with Gasteiger partial charge in [-0.2, -0.15) is 0 Å². The largest absolute Gasteiger partial charge is 0.486 e. The highest BCUT2D eigenvalue weighted by Crippen LogP contribution is 2.32. The molecule has 0 amide bonds. The van der Waals surface area contributed by atoms with Crippen LogP contribution in [0.5, 0.6) is 11.5 Å². The first kappa shape index (κ1) is 14.6. The summed E-state index contributed by atoms with van der Waals surface area (Å²) in [5.74, 6) is 1.35. The van der Waals surface area contributed by atoms with Crippen LogP contribution < -0.4 is 19.5 Å². The lowest BCUT2D eigenvalue weighted by atomic mass is 9.97. The van der Waals surface area contributed by atoms with Crippen molar-refractivity contribution in [1.29, 1.82) is 0 Å². The van der Waals surface area contributed by atoms with E-state index < -0.39 is 10.0 Å². The van der Waals surface area contributed by atoms with Crippen molar-refractivity contribution >= 4 is 10.0 Å². The van der Waals surface area contributed by atoms with E-state index in [1.54, 1.807) is 12.1 Å². The first-order valence-electron chi connectivity index (χ1n) is 7.19. The normalized spacial score (nSPS) is 25.6. The summed E-state index contributed by atoms with van der Waals surface area (Å²) in [5, 5.41) is 3.26. The van der Waals surface area contributed by atoms with Gasteiger partial charge in [0.15, 0.2) is 11.5 Å². The summed E-state index contributed by atoms with van der Waals surface area (Å²) >= 11 is 0. The smallest absolute Gasteiger partial charge is 0.240 e. The Labute approximate surface area is 124 Å². The third-order valence-corrected chi connectivity index (χ3v) is 5.40. The topological polar surface area (TPSA) is 76.7 Å². The standard InChI is InChI=1S/C14H20N2O4S/c1-10-9-15-5-4-12(10)16-21(17,18)11-2-3-13-14(8-11)20-7-6-19-13/h2-3,8,10,12,15-16H,4-7,9H2,1H3/t10-,12+/m0/s1. The Bertz CT molecular complexity index is 617. The lowest BCUT2D eigenvalue weighted by Gasteiger charge is -2.30. The molecule has 0 unspecified atom stereocenters. The van der Waals surface area contributed by atoms with E-state index in [0.717, 1.165) is 19.5 Å². The molecule has 2 aliphatic heterocycles. The van der Waals surface area contributed by atoms with Crippen molar-refractivity contribution in [1.82, 2.24) is 10.0 Å². The highest BCUT2D eigenvalue weighted by atomic mass is 32.2. The molecule has 6 nitrogen and oxygen atoms in total. The van der Waals surface area contributed by atoms with Gasteiger partial charge < -0.3 is 14.8 Å². The Morgan fingerprint density at radius 3 is 2.76 bits per heavy atom. The van der Waals surface area contributed by atoms with Crippen molar-refractivity contribution < 1.29 is 17.9 Å². The fourth-order valence-electron chi connectivity index (χ4n) is 2.65. The zero-order valence-corrected chi connectivity index (χ0v) is 12.8. The van der Waals surface area contributed by atoms with E-state index in [1.165, 1.54) is 6.07 Å². The van der Waals surface area contributed by atoms with Crippen LogP contribution in [0.3, 0.4) is 0 Å². The number of fused-ring (bicyclic) bond motifs is 1. The number of hydrogen-bond donors (Lipinski definition) is 2. The lowest BCUT2D eigenvalue weighted by molar-refractivity contribution is 0.171. The fraction of sp³-hybridized carbons (Fsp3) is 0.571. The number of hydrogen-bond acceptors (Lipinski definition) is 5. The minimum Gasteiger partial charge on any atom is -0.486 e. The van der Waals surface area contributed by atoms with Gasteiger partial charge in [-0.05, 0) is 37.6 Å². The Morgan fingerprint density at radius 2 is 2.00 bits per heavy atom. The molecular formula is C14H20N2O4S. The average molecular weight is 312 g/mol. The fourth-order valence-corrected chi connectivity index (χ4v) is 4.04. The third-order valence-electron chi connectivity index (χ3n) is 3.92. The van der Waals surface area contributed by atoms with Crippen LogP contribution in [0.2, 0.25) is 0 Å². The molecule has 116 valence electrons. The molecule has 2 aliphatic rings. The molecule has 1 fully saturated rings. The van der Waals surface area contributed by atoms with E-state index >= 15 is 0 Å². The second-order valence-corrected chi connectivity index (χ2v) is 7.22. The molecule has 0 radical (unpaired) electrons. The number of benzene rings is 1. The minimum absolute atomic E-state index is 0.0375. The molecule has 7 heteroatoms. The van der Waals surface area contributed by atoms with E-state index in [0.29, 0.717) is 24.7 Å². The van der Waals surface area contributed by atoms with Crippen LogP contribution >= 0.6 is 0 Å². The summed E-state index contributed by atoms with van der Waals surface area (Å²) < 4.78 is 38.7. The molecule has 0 aromatic heterocycles. The molecule has 21 heavy (non-hydrogen) atoms. The van der Waals surface area contributed by atoms with Crippen LogP contribution in [-0.4, -0.2) is 40.8 Å². The van der Waals surface area contributed by atoms with Gasteiger partial charge in [0.2, 0.25) is 10.0 Å². The van der Waals surface area contributed by atoms with Crippen molar-refractivity contribution in [3.8, 4) is 11.5 Å². The lowest BCUT2D eigenvalue weighted by Crippen LogP contribution is -2.48. The number of rotatable bonds is 3. The molecule has 1 aromatic rings. The Hall–Kier alpha value is -1.31. The van der Waals surface area contributed by atoms with Gasteiger partial charge in [0.05, 0.1) is 4.90 Å². The molecule has 0 spiro atoms. The SMILES string of the molecule is C[C@H]1CNCC[C@H]1NS(=O)(=O)c1ccc2c(c1)OCCO2.